The third-order valence-electron chi connectivity index (χ3n) is 4.20. The number of amides is 2. The molecular formula is C16H23N7OS. The number of thiol groups is 1. The fraction of sp³-hybridized carbons (Fsp3) is 0.500. The Kier molecular flexibility index (Phi) is 5.54. The van der Waals surface area contributed by atoms with Gasteiger partial charge in [0.25, 0.3) is 0 Å². The molecule has 1 fully saturated rings. The molecule has 0 radical (unpaired) electrons. The van der Waals surface area contributed by atoms with Gasteiger partial charge in [-0.2, -0.15) is 0 Å². The molecule has 1 aliphatic rings. The zero-order chi connectivity index (χ0) is 17.8. The van der Waals surface area contributed by atoms with Gasteiger partial charge in [-0.25, -0.2) is 19.7 Å². The number of likely N-dealkylation sites (N-methyl/N-ethyl adjacent to an activating group) is 1. The van der Waals surface area contributed by atoms with Gasteiger partial charge in [0.05, 0.1) is 6.20 Å². The summed E-state index contributed by atoms with van der Waals surface area (Å²) < 4.78 is 1.27. The number of urea groups is 1. The van der Waals surface area contributed by atoms with Gasteiger partial charge in [0.15, 0.2) is 11.5 Å². The van der Waals surface area contributed by atoms with E-state index in [1.165, 1.54) is 10.5 Å². The zero-order valence-electron chi connectivity index (χ0n) is 14.5. The second kappa shape index (κ2) is 7.83. The number of hydrogen-bond donors (Lipinski definition) is 2. The van der Waals surface area contributed by atoms with E-state index in [1.807, 2.05) is 19.1 Å². The molecule has 0 atom stereocenters. The molecule has 134 valence electrons. The van der Waals surface area contributed by atoms with E-state index in [4.69, 9.17) is 0 Å². The third-order valence-corrected chi connectivity index (χ3v) is 4.67. The third kappa shape index (κ3) is 4.29. The zero-order valence-corrected chi connectivity index (χ0v) is 15.4. The predicted molar refractivity (Wildman–Crippen MR) is 102 cm³/mol. The highest BCUT2D eigenvalue weighted by Gasteiger charge is 2.15. The van der Waals surface area contributed by atoms with Crippen LogP contribution in [0.2, 0.25) is 0 Å². The van der Waals surface area contributed by atoms with Crippen molar-refractivity contribution in [1.82, 2.24) is 24.2 Å². The molecule has 25 heavy (non-hydrogen) atoms. The van der Waals surface area contributed by atoms with Gasteiger partial charge in [-0.05, 0) is 39.1 Å². The van der Waals surface area contributed by atoms with E-state index in [0.29, 0.717) is 23.5 Å². The van der Waals surface area contributed by atoms with Gasteiger partial charge in [-0.1, -0.05) is 12.8 Å². The number of nitrogens with zero attached hydrogens (tertiary/aromatic N) is 6. The molecule has 3 rings (SSSR count). The lowest BCUT2D eigenvalue weighted by atomic mass is 10.3. The lowest BCUT2D eigenvalue weighted by molar-refractivity contribution is 0.240. The van der Waals surface area contributed by atoms with Crippen LogP contribution in [0.25, 0.3) is 11.2 Å². The van der Waals surface area contributed by atoms with Crippen LogP contribution in [0.3, 0.4) is 0 Å². The minimum Gasteiger partial charge on any atom is -0.355 e. The SMILES string of the molecule is CCN(S)C(=O)Nc1cnc2ccc(N3CCCN(C)CC3)nc2n1. The Morgan fingerprint density at radius 2 is 2.12 bits per heavy atom. The number of anilines is 2. The summed E-state index contributed by atoms with van der Waals surface area (Å²) in [5, 5.41) is 2.68. The average Bonchev–Trinajstić information content (AvgIpc) is 2.85. The molecule has 1 N–H and O–H groups in total. The molecule has 0 aliphatic carbocycles. The maximum atomic E-state index is 11.9. The van der Waals surface area contributed by atoms with Crippen LogP contribution >= 0.6 is 12.8 Å². The molecule has 1 saturated heterocycles. The van der Waals surface area contributed by atoms with Crippen molar-refractivity contribution in [1.29, 1.82) is 0 Å². The monoisotopic (exact) mass is 361 g/mol. The Balaban J connectivity index is 1.82. The highest BCUT2D eigenvalue weighted by molar-refractivity contribution is 7.78. The number of fused-ring (bicyclic) bond motifs is 1. The van der Waals surface area contributed by atoms with E-state index in [9.17, 15) is 4.79 Å². The molecule has 0 saturated carbocycles. The van der Waals surface area contributed by atoms with Crippen molar-refractivity contribution in [3.8, 4) is 0 Å². The molecule has 0 spiro atoms. The molecule has 2 amide bonds. The van der Waals surface area contributed by atoms with Gasteiger partial charge in [0.2, 0.25) is 0 Å². The minimum atomic E-state index is -0.341. The summed E-state index contributed by atoms with van der Waals surface area (Å²) in [6.45, 7) is 6.34. The summed E-state index contributed by atoms with van der Waals surface area (Å²) in [5.74, 6) is 1.26. The first kappa shape index (κ1) is 17.7. The van der Waals surface area contributed by atoms with Crippen molar-refractivity contribution in [3.63, 3.8) is 0 Å². The van der Waals surface area contributed by atoms with Crippen LogP contribution in [-0.4, -0.2) is 70.0 Å². The number of carbonyl (C=O) groups is 1. The number of aromatic nitrogens is 3. The van der Waals surface area contributed by atoms with Crippen molar-refractivity contribution >= 4 is 41.6 Å². The average molecular weight is 361 g/mol. The van der Waals surface area contributed by atoms with Crippen LogP contribution in [0, 0.1) is 0 Å². The van der Waals surface area contributed by atoms with Crippen molar-refractivity contribution < 1.29 is 4.79 Å². The second-order valence-corrected chi connectivity index (χ2v) is 6.54. The molecule has 8 nitrogen and oxygen atoms in total. The fourth-order valence-corrected chi connectivity index (χ4v) is 2.77. The summed E-state index contributed by atoms with van der Waals surface area (Å²) >= 11 is 4.08. The Morgan fingerprint density at radius 3 is 2.92 bits per heavy atom. The smallest absolute Gasteiger partial charge is 0.332 e. The first-order chi connectivity index (χ1) is 12.1. The first-order valence-electron chi connectivity index (χ1n) is 8.41. The van der Waals surface area contributed by atoms with Gasteiger partial charge < -0.3 is 9.80 Å². The molecule has 3 heterocycles. The normalized spacial score (nSPS) is 15.9. The Bertz CT molecular complexity index is 756. The maximum absolute atomic E-state index is 11.9. The van der Waals surface area contributed by atoms with E-state index in [2.05, 4.69) is 49.9 Å². The van der Waals surface area contributed by atoms with E-state index >= 15 is 0 Å². The van der Waals surface area contributed by atoms with Gasteiger partial charge in [0.1, 0.15) is 11.3 Å². The van der Waals surface area contributed by atoms with Crippen LogP contribution in [-0.2, 0) is 0 Å². The summed E-state index contributed by atoms with van der Waals surface area (Å²) in [7, 11) is 2.14. The number of rotatable bonds is 3. The molecule has 0 bridgehead atoms. The number of hydrogen-bond acceptors (Lipinski definition) is 7. The van der Waals surface area contributed by atoms with Crippen molar-refractivity contribution in [3.05, 3.63) is 18.3 Å². The summed E-state index contributed by atoms with van der Waals surface area (Å²) in [6.07, 6.45) is 2.63. The lowest BCUT2D eigenvalue weighted by Crippen LogP contribution is -2.29. The number of nitrogens with one attached hydrogen (secondary N) is 1. The van der Waals surface area contributed by atoms with Gasteiger partial charge >= 0.3 is 6.03 Å². The van der Waals surface area contributed by atoms with E-state index < -0.39 is 0 Å². The summed E-state index contributed by atoms with van der Waals surface area (Å²) in [5.41, 5.74) is 1.22. The van der Waals surface area contributed by atoms with Crippen molar-refractivity contribution in [2.45, 2.75) is 13.3 Å². The van der Waals surface area contributed by atoms with Gasteiger partial charge in [-0.3, -0.25) is 9.62 Å². The van der Waals surface area contributed by atoms with Gasteiger partial charge in [0, 0.05) is 26.2 Å². The van der Waals surface area contributed by atoms with Crippen LogP contribution in [0.5, 0.6) is 0 Å². The van der Waals surface area contributed by atoms with E-state index in [0.717, 1.165) is 38.4 Å². The summed E-state index contributed by atoms with van der Waals surface area (Å²) in [6, 6.07) is 3.56. The van der Waals surface area contributed by atoms with E-state index in [1.54, 1.807) is 0 Å². The second-order valence-electron chi connectivity index (χ2n) is 6.06. The standard InChI is InChI=1S/C16H23N7OS/c1-3-23(25)16(24)19-13-11-17-12-5-6-14(20-15(12)18-13)22-8-4-7-21(2)9-10-22/h5-6,11,25H,3-4,7-10H2,1-2H3,(H,18,19,20,24). The van der Waals surface area contributed by atoms with Crippen LogP contribution < -0.4 is 10.2 Å². The minimum absolute atomic E-state index is 0.341. The highest BCUT2D eigenvalue weighted by atomic mass is 32.1. The molecule has 1 aliphatic heterocycles. The number of carbonyl (C=O) groups excluding carboxylic acids is 1. The van der Waals surface area contributed by atoms with Crippen molar-refractivity contribution in [2.75, 3.05) is 50.0 Å². The molecule has 0 unspecified atom stereocenters. The highest BCUT2D eigenvalue weighted by Crippen LogP contribution is 2.18. The van der Waals surface area contributed by atoms with Crippen LogP contribution in [0.1, 0.15) is 13.3 Å². The summed E-state index contributed by atoms with van der Waals surface area (Å²) in [4.78, 5) is 29.9. The molecule has 0 aromatic carbocycles. The van der Waals surface area contributed by atoms with Crippen molar-refractivity contribution in [2.24, 2.45) is 0 Å². The molecule has 9 heteroatoms. The molecule has 2 aromatic heterocycles. The fourth-order valence-electron chi connectivity index (χ4n) is 2.72. The quantitative estimate of drug-likeness (QED) is 0.813. The largest absolute Gasteiger partial charge is 0.355 e. The molecular weight excluding hydrogens is 338 g/mol. The first-order valence-corrected chi connectivity index (χ1v) is 8.81. The lowest BCUT2D eigenvalue weighted by Gasteiger charge is -2.21. The Morgan fingerprint density at radius 1 is 1.28 bits per heavy atom. The van der Waals surface area contributed by atoms with E-state index in [-0.39, 0.29) is 6.03 Å². The topological polar surface area (TPSA) is 77.5 Å². The Hall–Kier alpha value is -2.13. The molecule has 2 aromatic rings. The predicted octanol–water partition coefficient (Wildman–Crippen LogP) is 1.87. The Labute approximate surface area is 152 Å². The van der Waals surface area contributed by atoms with Gasteiger partial charge in [-0.15, -0.1) is 0 Å². The number of pyridine rings is 1. The maximum Gasteiger partial charge on any atom is 0.332 e. The van der Waals surface area contributed by atoms with Crippen LogP contribution in [0.4, 0.5) is 16.4 Å². The van der Waals surface area contributed by atoms with Crippen LogP contribution in [0.15, 0.2) is 18.3 Å².